The molecule has 0 radical (unpaired) electrons. The van der Waals surface area contributed by atoms with E-state index in [0.717, 1.165) is 62.7 Å². The molecule has 4 atom stereocenters. The number of nitrogens with zero attached hydrogens (tertiary/aromatic N) is 3. The van der Waals surface area contributed by atoms with Crippen LogP contribution in [0.25, 0.3) is 43.1 Å². The summed E-state index contributed by atoms with van der Waals surface area (Å²) in [7, 11) is 0. The molecule has 4 unspecified atom stereocenters. The first-order valence-electron chi connectivity index (χ1n) is 21.9. The van der Waals surface area contributed by atoms with Gasteiger partial charge in [-0.2, -0.15) is 0 Å². The number of aromatic carboxylic acids is 1. The fourth-order valence-electron chi connectivity index (χ4n) is 7.52. The van der Waals surface area contributed by atoms with Gasteiger partial charge in [-0.15, -0.1) is 22.7 Å². The van der Waals surface area contributed by atoms with Gasteiger partial charge in [0.15, 0.2) is 0 Å². The molecular formula is C52H60Cl2N4O5S2. The topological polar surface area (TPSA) is 114 Å². The van der Waals surface area contributed by atoms with Crippen molar-refractivity contribution in [2.75, 3.05) is 26.2 Å². The SMILES string of the molecule is CC(C)(C)c1cc(-c2cc(-c3ccc(C(=O)O)cc3Cl)cs2)ccn1.CC1CN(C(=O)c2ccc(-c3csc(-c4ccnc(C(C)(C)C)c4)c3)c(Cl)c2)CC(C)O1.CC1CNCC(C)O1. The van der Waals surface area contributed by atoms with Gasteiger partial charge in [0.1, 0.15) is 0 Å². The Morgan fingerprint density at radius 1 is 0.631 bits per heavy atom. The second-order valence-electron chi connectivity index (χ2n) is 18.8. The number of amides is 1. The van der Waals surface area contributed by atoms with Crippen LogP contribution in [-0.2, 0) is 20.3 Å². The van der Waals surface area contributed by atoms with Crippen molar-refractivity contribution in [3.8, 4) is 43.1 Å². The first kappa shape index (κ1) is 50.0. The average Bonchev–Trinajstić information content (AvgIpc) is 3.94. The van der Waals surface area contributed by atoms with Gasteiger partial charge in [0, 0.05) is 97.3 Å². The van der Waals surface area contributed by atoms with Crippen molar-refractivity contribution in [1.29, 1.82) is 0 Å². The summed E-state index contributed by atoms with van der Waals surface area (Å²) in [4.78, 5) is 37.2. The second-order valence-corrected chi connectivity index (χ2v) is 21.5. The van der Waals surface area contributed by atoms with E-state index < -0.39 is 5.97 Å². The van der Waals surface area contributed by atoms with Crippen molar-refractivity contribution >= 4 is 57.8 Å². The van der Waals surface area contributed by atoms with E-state index in [4.69, 9.17) is 37.8 Å². The van der Waals surface area contributed by atoms with E-state index >= 15 is 0 Å². The third-order valence-electron chi connectivity index (χ3n) is 10.9. The van der Waals surface area contributed by atoms with Crippen LogP contribution in [0.15, 0.2) is 96.0 Å². The van der Waals surface area contributed by atoms with Crippen LogP contribution in [-0.4, -0.2) is 82.4 Å². The van der Waals surface area contributed by atoms with Gasteiger partial charge in [-0.05, 0) is 121 Å². The number of hydrogen-bond acceptors (Lipinski definition) is 9. The molecule has 0 saturated carbocycles. The van der Waals surface area contributed by atoms with Gasteiger partial charge in [-0.25, -0.2) is 4.79 Å². The average molecular weight is 956 g/mol. The zero-order valence-electron chi connectivity index (χ0n) is 38.9. The molecule has 4 aromatic heterocycles. The van der Waals surface area contributed by atoms with Crippen LogP contribution in [0.3, 0.4) is 0 Å². The monoisotopic (exact) mass is 954 g/mol. The molecule has 344 valence electrons. The molecule has 2 fully saturated rings. The summed E-state index contributed by atoms with van der Waals surface area (Å²) >= 11 is 16.2. The number of thiophene rings is 2. The Bertz CT molecular complexity index is 2580. The molecule has 0 aliphatic carbocycles. The van der Waals surface area contributed by atoms with E-state index in [2.05, 4.69) is 100 Å². The molecule has 2 aliphatic heterocycles. The summed E-state index contributed by atoms with van der Waals surface area (Å²) < 4.78 is 11.2. The summed E-state index contributed by atoms with van der Waals surface area (Å²) in [6.45, 7) is 24.3. The zero-order valence-corrected chi connectivity index (χ0v) is 42.0. The van der Waals surface area contributed by atoms with Crippen molar-refractivity contribution in [2.45, 2.75) is 104 Å². The van der Waals surface area contributed by atoms with Gasteiger partial charge in [0.05, 0.1) is 30.0 Å². The van der Waals surface area contributed by atoms with Crippen molar-refractivity contribution in [3.05, 3.63) is 129 Å². The van der Waals surface area contributed by atoms with Gasteiger partial charge in [0.25, 0.3) is 5.91 Å². The molecule has 65 heavy (non-hydrogen) atoms. The number of carboxylic acid groups (broad SMARTS) is 1. The number of hydrogen-bond donors (Lipinski definition) is 2. The summed E-state index contributed by atoms with van der Waals surface area (Å²) in [5.74, 6) is -0.982. The van der Waals surface area contributed by atoms with Crippen molar-refractivity contribution in [2.24, 2.45) is 0 Å². The van der Waals surface area contributed by atoms with Crippen LogP contribution in [0.2, 0.25) is 10.0 Å². The van der Waals surface area contributed by atoms with E-state index in [0.29, 0.717) is 40.9 Å². The number of benzene rings is 2. The molecule has 8 rings (SSSR count). The Morgan fingerprint density at radius 3 is 1.46 bits per heavy atom. The maximum Gasteiger partial charge on any atom is 0.335 e. The minimum Gasteiger partial charge on any atom is -0.478 e. The highest BCUT2D eigenvalue weighted by Crippen LogP contribution is 2.39. The lowest BCUT2D eigenvalue weighted by molar-refractivity contribution is -0.0586. The van der Waals surface area contributed by atoms with Crippen molar-refractivity contribution in [3.63, 3.8) is 0 Å². The number of aromatic nitrogens is 2. The van der Waals surface area contributed by atoms with Crippen molar-refractivity contribution < 1.29 is 24.2 Å². The molecule has 6 heterocycles. The molecule has 1 amide bonds. The van der Waals surface area contributed by atoms with Crippen LogP contribution < -0.4 is 5.32 Å². The minimum atomic E-state index is -0.981. The third-order valence-corrected chi connectivity index (χ3v) is 13.5. The quantitative estimate of drug-likeness (QED) is 0.170. The predicted molar refractivity (Wildman–Crippen MR) is 269 cm³/mol. The van der Waals surface area contributed by atoms with E-state index in [9.17, 15) is 9.59 Å². The first-order chi connectivity index (χ1) is 30.7. The Labute approximate surface area is 402 Å². The molecular weight excluding hydrogens is 896 g/mol. The van der Waals surface area contributed by atoms with Gasteiger partial charge < -0.3 is 24.8 Å². The second kappa shape index (κ2) is 21.4. The molecule has 2 aromatic carbocycles. The highest BCUT2D eigenvalue weighted by molar-refractivity contribution is 7.14. The number of carbonyl (C=O) groups excluding carboxylic acids is 1. The molecule has 6 aromatic rings. The summed E-state index contributed by atoms with van der Waals surface area (Å²) in [5, 5.41) is 17.5. The molecule has 2 N–H and O–H groups in total. The van der Waals surface area contributed by atoms with E-state index in [1.165, 1.54) is 10.9 Å². The highest BCUT2D eigenvalue weighted by atomic mass is 35.5. The lowest BCUT2D eigenvalue weighted by Gasteiger charge is -2.35. The van der Waals surface area contributed by atoms with Gasteiger partial charge in [0.2, 0.25) is 0 Å². The lowest BCUT2D eigenvalue weighted by atomic mass is 9.90. The Kier molecular flexibility index (Phi) is 16.5. The highest BCUT2D eigenvalue weighted by Gasteiger charge is 2.27. The number of nitrogens with one attached hydrogen (secondary N) is 1. The maximum atomic E-state index is 13.0. The molecule has 0 bridgehead atoms. The van der Waals surface area contributed by atoms with Gasteiger partial charge >= 0.3 is 5.97 Å². The van der Waals surface area contributed by atoms with Gasteiger partial charge in [-0.1, -0.05) is 76.9 Å². The van der Waals surface area contributed by atoms with E-state index in [1.807, 2.05) is 60.8 Å². The lowest BCUT2D eigenvalue weighted by Crippen LogP contribution is -2.48. The molecule has 9 nitrogen and oxygen atoms in total. The van der Waals surface area contributed by atoms with Crippen LogP contribution in [0.1, 0.15) is 101 Å². The van der Waals surface area contributed by atoms with Crippen LogP contribution in [0, 0.1) is 0 Å². The number of carboxylic acids is 1. The number of carbonyl (C=O) groups is 2. The fourth-order valence-corrected chi connectivity index (χ4v) is 9.91. The van der Waals surface area contributed by atoms with E-state index in [1.54, 1.807) is 40.9 Å². The van der Waals surface area contributed by atoms with Crippen LogP contribution in [0.4, 0.5) is 0 Å². The van der Waals surface area contributed by atoms with Crippen LogP contribution in [0.5, 0.6) is 0 Å². The normalized spacial score (nSPS) is 18.8. The van der Waals surface area contributed by atoms with Crippen molar-refractivity contribution in [1.82, 2.24) is 20.2 Å². The summed E-state index contributed by atoms with van der Waals surface area (Å²) in [6, 6.07) is 23.0. The zero-order chi connectivity index (χ0) is 47.2. The van der Waals surface area contributed by atoms with Crippen LogP contribution >= 0.6 is 45.9 Å². The molecule has 0 spiro atoms. The molecule has 2 aliphatic rings. The Balaban J connectivity index is 0.000000188. The molecule has 2 saturated heterocycles. The Hall–Kier alpha value is -4.46. The first-order valence-corrected chi connectivity index (χ1v) is 24.4. The predicted octanol–water partition coefficient (Wildman–Crippen LogP) is 13.2. The number of rotatable bonds is 6. The Morgan fingerprint density at radius 2 is 1.06 bits per heavy atom. The minimum absolute atomic E-state index is 0.00190. The number of ether oxygens (including phenoxy) is 2. The standard InChI is InChI=1S/C26H29ClN2O2S.C20H18ClNO2S.C6H13NO/c1-16-13-29(14-17(2)31-16)25(30)19-6-7-21(22(27)10-19)20-11-23(32-15-20)18-8-9-28-24(12-18)26(3,4)5;1-20(2,3)18-10-12(6-7-22-18)17-9-14(11-25-17)15-5-4-13(19(23)24)8-16(15)21;1-5-3-7-4-6(2)8-5/h6-12,15-17H,13-14H2,1-5H3;4-11H,1-3H3,(H,23,24);5-7H,3-4H2,1-2H3. The van der Waals surface area contributed by atoms with E-state index in [-0.39, 0.29) is 34.5 Å². The third kappa shape index (κ3) is 13.3. The fraction of sp³-hybridized carbons (Fsp3) is 0.385. The van der Waals surface area contributed by atoms with Gasteiger partial charge in [-0.3, -0.25) is 14.8 Å². The summed E-state index contributed by atoms with van der Waals surface area (Å²) in [6.07, 6.45) is 4.58. The molecule has 13 heteroatoms. The largest absolute Gasteiger partial charge is 0.478 e. The smallest absolute Gasteiger partial charge is 0.335 e. The number of halogens is 2. The number of morpholine rings is 2. The summed E-state index contributed by atoms with van der Waals surface area (Å²) in [5.41, 5.74) is 8.97. The maximum absolute atomic E-state index is 13.0. The number of pyridine rings is 2.